The highest BCUT2D eigenvalue weighted by Crippen LogP contribution is 2.37. The van der Waals surface area contributed by atoms with Crippen molar-refractivity contribution in [1.29, 1.82) is 0 Å². The molecule has 0 fully saturated rings. The summed E-state index contributed by atoms with van der Waals surface area (Å²) in [7, 11) is -0.559. The lowest BCUT2D eigenvalue weighted by molar-refractivity contribution is -0.113. The molecule has 0 spiro atoms. The second-order valence-corrected chi connectivity index (χ2v) is 10.5. The maximum Gasteiger partial charge on any atom is 0.242 e. The fourth-order valence-corrected chi connectivity index (χ4v) is 5.01. The zero-order valence-corrected chi connectivity index (χ0v) is 19.5. The smallest absolute Gasteiger partial charge is 0.242 e. The molecule has 168 valence electrons. The van der Waals surface area contributed by atoms with Crippen molar-refractivity contribution >= 4 is 44.3 Å². The number of hydrogen-bond acceptors (Lipinski definition) is 7. The van der Waals surface area contributed by atoms with Crippen molar-refractivity contribution in [3.05, 3.63) is 48.0 Å². The molecule has 0 saturated heterocycles. The molecule has 4 rings (SSSR count). The van der Waals surface area contributed by atoms with Crippen LogP contribution in [0.2, 0.25) is 0 Å². The first kappa shape index (κ1) is 22.4. The van der Waals surface area contributed by atoms with Gasteiger partial charge in [-0.2, -0.15) is 0 Å². The number of nitrogens with one attached hydrogen (secondary N) is 1. The summed E-state index contributed by atoms with van der Waals surface area (Å²) in [5, 5.41) is 4.55. The van der Waals surface area contributed by atoms with Crippen molar-refractivity contribution in [2.24, 2.45) is 0 Å². The van der Waals surface area contributed by atoms with E-state index in [-0.39, 0.29) is 23.3 Å². The van der Waals surface area contributed by atoms with Gasteiger partial charge in [0.1, 0.15) is 5.03 Å². The van der Waals surface area contributed by atoms with Crippen molar-refractivity contribution in [2.75, 3.05) is 32.0 Å². The lowest BCUT2D eigenvalue weighted by atomic mass is 10.1. The lowest BCUT2D eigenvalue weighted by Crippen LogP contribution is -2.22. The summed E-state index contributed by atoms with van der Waals surface area (Å²) in [6.45, 7) is 2.25. The maximum atomic E-state index is 12.5. The van der Waals surface area contributed by atoms with E-state index in [4.69, 9.17) is 14.5 Å². The van der Waals surface area contributed by atoms with Crippen molar-refractivity contribution in [2.45, 2.75) is 23.3 Å². The van der Waals surface area contributed by atoms with Crippen LogP contribution in [-0.2, 0) is 21.2 Å². The first-order valence-electron chi connectivity index (χ1n) is 9.96. The number of carbonyl (C=O) groups excluding carboxylic acids is 1. The highest BCUT2D eigenvalue weighted by atomic mass is 32.2. The number of thioether (sulfide) groups is 1. The summed E-state index contributed by atoms with van der Waals surface area (Å²) in [5.74, 6) is 1.36. The number of ether oxygens (including phenoxy) is 2. The highest BCUT2D eigenvalue weighted by molar-refractivity contribution is 8.00. The largest absolute Gasteiger partial charge is 0.454 e. The number of anilines is 1. The van der Waals surface area contributed by atoms with Crippen molar-refractivity contribution in [1.82, 2.24) is 9.29 Å². The maximum absolute atomic E-state index is 12.5. The van der Waals surface area contributed by atoms with E-state index in [1.54, 1.807) is 12.1 Å². The number of hydrogen-bond donors (Lipinski definition) is 1. The lowest BCUT2D eigenvalue weighted by Gasteiger charge is -2.12. The van der Waals surface area contributed by atoms with Crippen molar-refractivity contribution in [3.63, 3.8) is 0 Å². The zero-order chi connectivity index (χ0) is 22.9. The monoisotopic (exact) mass is 473 g/mol. The number of rotatable bonds is 7. The first-order chi connectivity index (χ1) is 15.3. The van der Waals surface area contributed by atoms with Crippen LogP contribution in [-0.4, -0.2) is 50.3 Å². The molecule has 1 amide bonds. The minimum Gasteiger partial charge on any atom is -0.454 e. The molecule has 0 saturated carbocycles. The quantitative estimate of drug-likeness (QED) is 0.525. The Balaban J connectivity index is 1.45. The molecule has 0 aliphatic carbocycles. The average molecular weight is 474 g/mol. The first-order valence-corrected chi connectivity index (χ1v) is 12.4. The zero-order valence-electron chi connectivity index (χ0n) is 17.9. The van der Waals surface area contributed by atoms with Gasteiger partial charge < -0.3 is 14.8 Å². The Morgan fingerprint density at radius 3 is 2.47 bits per heavy atom. The van der Waals surface area contributed by atoms with E-state index in [1.807, 2.05) is 19.1 Å². The molecule has 8 nitrogen and oxygen atoms in total. The number of aromatic nitrogens is 1. The summed E-state index contributed by atoms with van der Waals surface area (Å²) >= 11 is 1.36. The van der Waals surface area contributed by atoms with Crippen LogP contribution in [0.1, 0.15) is 12.5 Å². The molecule has 32 heavy (non-hydrogen) atoms. The standard InChI is InChI=1S/C22H23N3O5S2/c1-4-14-9-15-10-19-20(30-13-29-19)11-18(15)24-22(14)31-12-21(26)23-16-5-7-17(8-6-16)32(27,28)25(2)3/h5-11H,4,12-13H2,1-3H3,(H,23,26). The molecule has 1 N–H and O–H groups in total. The molecule has 0 unspecified atom stereocenters. The number of amides is 1. The van der Waals surface area contributed by atoms with Gasteiger partial charge in [-0.25, -0.2) is 17.7 Å². The van der Waals surface area contributed by atoms with Gasteiger partial charge in [0.25, 0.3) is 0 Å². The summed E-state index contributed by atoms with van der Waals surface area (Å²) in [6.07, 6.45) is 0.781. The Morgan fingerprint density at radius 2 is 1.81 bits per heavy atom. The molecule has 1 aliphatic heterocycles. The fourth-order valence-electron chi connectivity index (χ4n) is 3.22. The highest BCUT2D eigenvalue weighted by Gasteiger charge is 2.18. The van der Waals surface area contributed by atoms with Crippen LogP contribution in [0.4, 0.5) is 5.69 Å². The predicted octanol–water partition coefficient (Wildman–Crippen LogP) is 3.51. The minimum absolute atomic E-state index is 0.170. The predicted molar refractivity (Wildman–Crippen MR) is 124 cm³/mol. The van der Waals surface area contributed by atoms with Crippen LogP contribution in [0, 0.1) is 0 Å². The Kier molecular flexibility index (Phi) is 6.27. The van der Waals surface area contributed by atoms with Crippen LogP contribution < -0.4 is 14.8 Å². The molecular formula is C22H23N3O5S2. The molecule has 0 bridgehead atoms. The van der Waals surface area contributed by atoms with Crippen LogP contribution in [0.5, 0.6) is 11.5 Å². The number of nitrogens with zero attached hydrogens (tertiary/aromatic N) is 2. The number of benzene rings is 2. The Hall–Kier alpha value is -2.82. The van der Waals surface area contributed by atoms with Crippen LogP contribution in [0.3, 0.4) is 0 Å². The normalized spacial score (nSPS) is 13.0. The van der Waals surface area contributed by atoms with E-state index in [9.17, 15) is 13.2 Å². The van der Waals surface area contributed by atoms with Crippen molar-refractivity contribution < 1.29 is 22.7 Å². The van der Waals surface area contributed by atoms with Gasteiger partial charge in [-0.3, -0.25) is 4.79 Å². The summed E-state index contributed by atoms with van der Waals surface area (Å²) < 4.78 is 36.3. The summed E-state index contributed by atoms with van der Waals surface area (Å²) in [5.41, 5.74) is 2.36. The van der Waals surface area contributed by atoms with Crippen LogP contribution in [0.25, 0.3) is 10.9 Å². The Labute approximate surface area is 191 Å². The third-order valence-electron chi connectivity index (χ3n) is 4.99. The number of aryl methyl sites for hydroxylation is 1. The molecule has 3 aromatic rings. The van der Waals surface area contributed by atoms with E-state index >= 15 is 0 Å². The molecule has 2 aromatic carbocycles. The number of pyridine rings is 1. The SMILES string of the molecule is CCc1cc2cc3c(cc2nc1SCC(=O)Nc1ccc(S(=O)(=O)N(C)C)cc1)OCO3. The Morgan fingerprint density at radius 1 is 1.12 bits per heavy atom. The van der Waals surface area contributed by atoms with Gasteiger partial charge >= 0.3 is 0 Å². The topological polar surface area (TPSA) is 97.8 Å². The van der Waals surface area contributed by atoms with E-state index < -0.39 is 10.0 Å². The molecule has 2 heterocycles. The van der Waals surface area contributed by atoms with Gasteiger partial charge in [-0.1, -0.05) is 18.7 Å². The number of sulfonamides is 1. The summed E-state index contributed by atoms with van der Waals surface area (Å²) in [6, 6.07) is 11.9. The fraction of sp³-hybridized carbons (Fsp3) is 0.273. The molecule has 1 aliphatic rings. The second-order valence-electron chi connectivity index (χ2n) is 7.35. The molecule has 1 aromatic heterocycles. The van der Waals surface area contributed by atoms with E-state index in [1.165, 1.54) is 38.0 Å². The van der Waals surface area contributed by atoms with Gasteiger partial charge in [-0.05, 0) is 48.4 Å². The van der Waals surface area contributed by atoms with Crippen LogP contribution >= 0.6 is 11.8 Å². The van der Waals surface area contributed by atoms with Gasteiger partial charge in [0, 0.05) is 31.2 Å². The molecular weight excluding hydrogens is 450 g/mol. The van der Waals surface area contributed by atoms with Gasteiger partial charge in [0.2, 0.25) is 22.7 Å². The molecule has 0 radical (unpaired) electrons. The van der Waals surface area contributed by atoms with E-state index in [0.717, 1.165) is 32.2 Å². The molecule has 10 heteroatoms. The van der Waals surface area contributed by atoms with Gasteiger partial charge in [0.15, 0.2) is 11.5 Å². The van der Waals surface area contributed by atoms with Crippen LogP contribution in [0.15, 0.2) is 52.4 Å². The van der Waals surface area contributed by atoms with E-state index in [2.05, 4.69) is 11.4 Å². The summed E-state index contributed by atoms with van der Waals surface area (Å²) in [4.78, 5) is 17.4. The van der Waals surface area contributed by atoms with Crippen molar-refractivity contribution in [3.8, 4) is 11.5 Å². The van der Waals surface area contributed by atoms with Gasteiger partial charge in [-0.15, -0.1) is 0 Å². The minimum atomic E-state index is -3.51. The molecule has 0 atom stereocenters. The Bertz CT molecular complexity index is 1270. The third kappa shape index (κ3) is 4.52. The van der Waals surface area contributed by atoms with E-state index in [0.29, 0.717) is 17.2 Å². The second kappa shape index (κ2) is 8.97. The number of fused-ring (bicyclic) bond motifs is 2. The van der Waals surface area contributed by atoms with Gasteiger partial charge in [0.05, 0.1) is 16.2 Å². The third-order valence-corrected chi connectivity index (χ3v) is 7.85. The average Bonchev–Trinajstić information content (AvgIpc) is 3.23. The number of carbonyl (C=O) groups is 1.